The molecule has 0 aliphatic carbocycles. The van der Waals surface area contributed by atoms with E-state index in [0.717, 1.165) is 6.54 Å². The van der Waals surface area contributed by atoms with Crippen LogP contribution in [0.1, 0.15) is 26.2 Å². The zero-order valence-corrected chi connectivity index (χ0v) is 16.1. The summed E-state index contributed by atoms with van der Waals surface area (Å²) in [5, 5.41) is 10.3. The Morgan fingerprint density at radius 2 is 1.81 bits per heavy atom. The molecule has 152 valence electrons. The van der Waals surface area contributed by atoms with Gasteiger partial charge in [0.05, 0.1) is 25.0 Å². The fraction of sp³-hybridized carbons (Fsp3) is 0.706. The van der Waals surface area contributed by atoms with Gasteiger partial charge in [0.25, 0.3) is 5.91 Å². The fourth-order valence-corrected chi connectivity index (χ4v) is 2.53. The minimum atomic E-state index is -0.938. The summed E-state index contributed by atoms with van der Waals surface area (Å²) >= 11 is 0. The first kappa shape index (κ1) is 22.6. The average Bonchev–Trinajstić information content (AvgIpc) is 3.17. The number of nitrogens with zero attached hydrogens (tertiary/aromatic N) is 1. The van der Waals surface area contributed by atoms with Crippen LogP contribution in [0.4, 0.5) is 0 Å². The molecular weight excluding hydrogens is 354 g/mol. The van der Waals surface area contributed by atoms with Crippen LogP contribution in [0.2, 0.25) is 0 Å². The lowest BCUT2D eigenvalue weighted by Crippen LogP contribution is -2.50. The smallest absolute Gasteiger partial charge is 0.290 e. The molecule has 1 rings (SSSR count). The predicted molar refractivity (Wildman–Crippen MR) is 97.5 cm³/mol. The molecule has 1 heterocycles. The third kappa shape index (κ3) is 7.73. The lowest BCUT2D eigenvalue weighted by Gasteiger charge is -2.18. The molecule has 0 radical (unpaired) electrons. The Morgan fingerprint density at radius 1 is 1.11 bits per heavy atom. The number of hydrogen-bond donors (Lipinski definition) is 4. The maximum Gasteiger partial charge on any atom is 0.290 e. The summed E-state index contributed by atoms with van der Waals surface area (Å²) < 4.78 is 0. The zero-order valence-electron chi connectivity index (χ0n) is 16.1. The van der Waals surface area contributed by atoms with E-state index in [9.17, 15) is 24.0 Å². The van der Waals surface area contributed by atoms with E-state index in [1.165, 1.54) is 4.90 Å². The molecule has 1 aliphatic heterocycles. The van der Waals surface area contributed by atoms with Crippen molar-refractivity contribution in [3.8, 4) is 0 Å². The Hall–Kier alpha value is -2.49. The van der Waals surface area contributed by atoms with E-state index in [1.807, 2.05) is 6.92 Å². The molecule has 1 fully saturated rings. The second-order valence-corrected chi connectivity index (χ2v) is 6.65. The minimum Gasteiger partial charge on any atom is -0.347 e. The molecular formula is C17H29N5O5. The molecule has 1 saturated heterocycles. The Kier molecular flexibility index (Phi) is 9.41. The molecule has 4 amide bonds. The van der Waals surface area contributed by atoms with Crippen LogP contribution in [-0.4, -0.2) is 80.6 Å². The maximum absolute atomic E-state index is 12.3. The van der Waals surface area contributed by atoms with Crippen molar-refractivity contribution in [2.45, 2.75) is 32.2 Å². The lowest BCUT2D eigenvalue weighted by molar-refractivity contribution is -0.141. The first-order valence-corrected chi connectivity index (χ1v) is 9.06. The van der Waals surface area contributed by atoms with Crippen LogP contribution < -0.4 is 21.3 Å². The maximum atomic E-state index is 12.3. The van der Waals surface area contributed by atoms with E-state index >= 15 is 0 Å². The van der Waals surface area contributed by atoms with Crippen LogP contribution in [0.15, 0.2) is 0 Å². The molecule has 27 heavy (non-hydrogen) atoms. The molecule has 0 aromatic heterocycles. The quantitative estimate of drug-likeness (QED) is 0.315. The molecule has 10 heteroatoms. The highest BCUT2D eigenvalue weighted by Crippen LogP contribution is 2.09. The number of hydrogen-bond acceptors (Lipinski definition) is 6. The van der Waals surface area contributed by atoms with E-state index in [4.69, 9.17) is 0 Å². The van der Waals surface area contributed by atoms with Crippen LogP contribution >= 0.6 is 0 Å². The average molecular weight is 383 g/mol. The molecule has 0 aromatic rings. The predicted octanol–water partition coefficient (Wildman–Crippen LogP) is -2.23. The van der Waals surface area contributed by atoms with Gasteiger partial charge in [-0.25, -0.2) is 0 Å². The van der Waals surface area contributed by atoms with Gasteiger partial charge in [-0.15, -0.1) is 0 Å². The first-order valence-electron chi connectivity index (χ1n) is 9.06. The van der Waals surface area contributed by atoms with Crippen molar-refractivity contribution in [3.05, 3.63) is 0 Å². The number of nitrogens with one attached hydrogen (secondary N) is 4. The van der Waals surface area contributed by atoms with E-state index in [-0.39, 0.29) is 24.3 Å². The van der Waals surface area contributed by atoms with Crippen molar-refractivity contribution in [3.63, 3.8) is 0 Å². The molecule has 0 saturated carbocycles. The van der Waals surface area contributed by atoms with Gasteiger partial charge in [0.2, 0.25) is 23.5 Å². The molecule has 0 aromatic carbocycles. The Labute approximate surface area is 158 Å². The number of likely N-dealkylation sites (N-methyl/N-ethyl adjacent to an activating group) is 1. The molecule has 4 N–H and O–H groups in total. The van der Waals surface area contributed by atoms with E-state index in [2.05, 4.69) is 21.3 Å². The largest absolute Gasteiger partial charge is 0.347 e. The van der Waals surface area contributed by atoms with Crippen LogP contribution in [0.25, 0.3) is 0 Å². The summed E-state index contributed by atoms with van der Waals surface area (Å²) in [6, 6.07) is -0.915. The van der Waals surface area contributed by atoms with Gasteiger partial charge in [0, 0.05) is 20.6 Å². The first-order chi connectivity index (χ1) is 12.8. The molecule has 10 nitrogen and oxygen atoms in total. The summed E-state index contributed by atoms with van der Waals surface area (Å²) in [6.45, 7) is 2.52. The molecule has 1 aliphatic rings. The lowest BCUT2D eigenvalue weighted by atomic mass is 10.0. The van der Waals surface area contributed by atoms with Crippen molar-refractivity contribution in [2.75, 3.05) is 40.3 Å². The van der Waals surface area contributed by atoms with Crippen LogP contribution in [0, 0.1) is 5.92 Å². The van der Waals surface area contributed by atoms with Crippen molar-refractivity contribution in [2.24, 2.45) is 5.92 Å². The van der Waals surface area contributed by atoms with Gasteiger partial charge in [-0.05, 0) is 19.4 Å². The summed E-state index contributed by atoms with van der Waals surface area (Å²) in [4.78, 5) is 60.9. The van der Waals surface area contributed by atoms with Crippen molar-refractivity contribution in [1.29, 1.82) is 0 Å². The Bertz CT molecular complexity index is 572. The van der Waals surface area contributed by atoms with Gasteiger partial charge < -0.3 is 26.2 Å². The minimum absolute atomic E-state index is 0.195. The SMILES string of the molecule is CCC[C@H](NC(=O)[C@H]1CCNC1)C(=O)C(=O)NCC(=O)NCC(=O)N(C)C. The van der Waals surface area contributed by atoms with Gasteiger partial charge in [-0.3, -0.25) is 24.0 Å². The second-order valence-electron chi connectivity index (χ2n) is 6.65. The number of amides is 4. The molecule has 0 bridgehead atoms. The number of Topliss-reactive ketones (excluding diaryl/α,β-unsaturated/α-hetero) is 1. The molecule has 0 unspecified atom stereocenters. The third-order valence-electron chi connectivity index (χ3n) is 4.21. The van der Waals surface area contributed by atoms with Crippen LogP contribution in [0.3, 0.4) is 0 Å². The van der Waals surface area contributed by atoms with E-state index < -0.39 is 30.2 Å². The summed E-state index contributed by atoms with van der Waals surface area (Å²) in [6.07, 6.45) is 1.64. The Morgan fingerprint density at radius 3 is 2.37 bits per heavy atom. The second kappa shape index (κ2) is 11.3. The van der Waals surface area contributed by atoms with Gasteiger partial charge in [0.15, 0.2) is 0 Å². The van der Waals surface area contributed by atoms with Gasteiger partial charge in [0.1, 0.15) is 0 Å². The number of carbonyl (C=O) groups is 5. The summed E-state index contributed by atoms with van der Waals surface area (Å²) in [5.74, 6) is -3.06. The van der Waals surface area contributed by atoms with Crippen molar-refractivity contribution < 1.29 is 24.0 Å². The highest BCUT2D eigenvalue weighted by atomic mass is 16.2. The fourth-order valence-electron chi connectivity index (χ4n) is 2.53. The number of rotatable bonds is 10. The van der Waals surface area contributed by atoms with E-state index in [0.29, 0.717) is 25.8 Å². The third-order valence-corrected chi connectivity index (χ3v) is 4.21. The number of ketones is 1. The van der Waals surface area contributed by atoms with Gasteiger partial charge in [-0.1, -0.05) is 13.3 Å². The zero-order chi connectivity index (χ0) is 20.4. The monoisotopic (exact) mass is 383 g/mol. The molecule has 0 spiro atoms. The highest BCUT2D eigenvalue weighted by molar-refractivity contribution is 6.38. The van der Waals surface area contributed by atoms with Crippen molar-refractivity contribution in [1.82, 2.24) is 26.2 Å². The topological polar surface area (TPSA) is 137 Å². The molecule has 2 atom stereocenters. The highest BCUT2D eigenvalue weighted by Gasteiger charge is 2.30. The summed E-state index contributed by atoms with van der Waals surface area (Å²) in [7, 11) is 3.11. The van der Waals surface area contributed by atoms with Gasteiger partial charge in [-0.2, -0.15) is 0 Å². The normalized spacial score (nSPS) is 16.9. The van der Waals surface area contributed by atoms with Crippen molar-refractivity contribution >= 4 is 29.4 Å². The van der Waals surface area contributed by atoms with Gasteiger partial charge >= 0.3 is 0 Å². The van der Waals surface area contributed by atoms with E-state index in [1.54, 1.807) is 14.1 Å². The van der Waals surface area contributed by atoms with Crippen LogP contribution in [-0.2, 0) is 24.0 Å². The number of carbonyl (C=O) groups excluding carboxylic acids is 5. The van der Waals surface area contributed by atoms with Crippen LogP contribution in [0.5, 0.6) is 0 Å². The standard InChI is InChI=1S/C17H29N5O5/c1-4-5-12(21-16(26)11-6-7-18-8-11)15(25)17(27)20-9-13(23)19-10-14(24)22(2)3/h11-12,18H,4-10H2,1-3H3,(H,19,23)(H,20,27)(H,21,26)/t11-,12-/m0/s1. The summed E-state index contributed by atoms with van der Waals surface area (Å²) in [5.41, 5.74) is 0. The Balaban J connectivity index is 2.47.